The zero-order valence-electron chi connectivity index (χ0n) is 23.3. The van der Waals surface area contributed by atoms with Crippen LogP contribution in [0.4, 0.5) is 0 Å². The molecular formula is C37H31Br2P2Zn+. The molecule has 5 heteroatoms. The van der Waals surface area contributed by atoms with Crippen molar-refractivity contribution < 1.29 is 13.2 Å². The third-order valence-electron chi connectivity index (χ3n) is 7.33. The molecule has 6 aromatic carbocycles. The fourth-order valence-electron chi connectivity index (χ4n) is 5.53. The Kier molecular flexibility index (Phi) is 11.4. The first-order valence-corrected chi connectivity index (χ1v) is 31.5. The van der Waals surface area contributed by atoms with E-state index in [1.165, 1.54) is 31.8 Å². The van der Waals surface area contributed by atoms with E-state index in [2.05, 4.69) is 215 Å². The normalized spacial score (nSPS) is 11.0. The summed E-state index contributed by atoms with van der Waals surface area (Å²) in [6.07, 6.45) is 0. The molecule has 0 aliphatic heterocycles. The Morgan fingerprint density at radius 2 is 0.595 bits per heavy atom. The van der Waals surface area contributed by atoms with E-state index in [1.807, 2.05) is 0 Å². The third kappa shape index (κ3) is 6.58. The molecular weight excluding hydrogens is 732 g/mol. The van der Waals surface area contributed by atoms with Crippen molar-refractivity contribution in [3.05, 3.63) is 182 Å². The summed E-state index contributed by atoms with van der Waals surface area (Å²) in [5.74, 6) is 0. The van der Waals surface area contributed by atoms with Crippen LogP contribution in [0.15, 0.2) is 182 Å². The molecule has 0 saturated heterocycles. The van der Waals surface area contributed by atoms with Crippen LogP contribution in [0, 0.1) is 0 Å². The summed E-state index contributed by atoms with van der Waals surface area (Å²) in [6, 6.07) is 67.1. The SMILES string of the molecule is C(=P(c1ccccc1)(c1ccccc1)c1ccccc1)[P+](c1ccccc1)(c1ccccc1)c1ccccc1.[Br][Zn][Br]. The molecule has 0 fully saturated rings. The maximum atomic E-state index is 3.25. The van der Waals surface area contributed by atoms with Gasteiger partial charge in [0.1, 0.15) is 23.2 Å². The molecule has 0 aliphatic carbocycles. The molecule has 0 bridgehead atoms. The Labute approximate surface area is 271 Å². The number of rotatable bonds is 7. The fourth-order valence-corrected chi connectivity index (χ4v) is 16.5. The van der Waals surface area contributed by atoms with Gasteiger partial charge in [-0.3, -0.25) is 0 Å². The molecule has 0 atom stereocenters. The van der Waals surface area contributed by atoms with Gasteiger partial charge in [-0.25, -0.2) is 0 Å². The van der Waals surface area contributed by atoms with Crippen molar-refractivity contribution in [3.63, 3.8) is 0 Å². The topological polar surface area (TPSA) is 0 Å². The first-order chi connectivity index (χ1) is 20.8. The Balaban J connectivity index is 0.00000113. The number of benzene rings is 6. The Morgan fingerprint density at radius 1 is 0.381 bits per heavy atom. The van der Waals surface area contributed by atoms with E-state index in [9.17, 15) is 0 Å². The Bertz CT molecular complexity index is 1500. The van der Waals surface area contributed by atoms with Gasteiger partial charge in [0, 0.05) is 6.89 Å². The minimum atomic E-state index is -2.25. The Morgan fingerprint density at radius 3 is 0.833 bits per heavy atom. The van der Waals surface area contributed by atoms with Gasteiger partial charge in [-0.1, -0.05) is 146 Å². The summed E-state index contributed by atoms with van der Waals surface area (Å²) in [6.45, 7) is -2.25. The summed E-state index contributed by atoms with van der Waals surface area (Å²) in [5, 5.41) is 8.22. The van der Waals surface area contributed by atoms with Crippen LogP contribution in [-0.4, -0.2) is 5.54 Å². The van der Waals surface area contributed by atoms with Crippen molar-refractivity contribution in [2.75, 3.05) is 0 Å². The van der Waals surface area contributed by atoms with Gasteiger partial charge < -0.3 is 0 Å². The summed E-state index contributed by atoms with van der Waals surface area (Å²) in [5.41, 5.74) is 2.82. The van der Waals surface area contributed by atoms with Gasteiger partial charge in [-0.2, -0.15) is 0 Å². The minimum absolute atomic E-state index is 0.250. The second-order valence-electron chi connectivity index (χ2n) is 9.68. The molecule has 6 aromatic rings. The summed E-state index contributed by atoms with van der Waals surface area (Å²) in [7, 11) is -2.25. The van der Waals surface area contributed by atoms with Gasteiger partial charge >= 0.3 is 40.5 Å². The third-order valence-corrected chi connectivity index (χ3v) is 16.8. The molecule has 0 aliphatic rings. The van der Waals surface area contributed by atoms with Crippen LogP contribution in [0.3, 0.4) is 0 Å². The van der Waals surface area contributed by atoms with Crippen LogP contribution in [0.1, 0.15) is 0 Å². The number of hydrogen-bond acceptors (Lipinski definition) is 0. The van der Waals surface area contributed by atoms with E-state index >= 15 is 0 Å². The van der Waals surface area contributed by atoms with Crippen LogP contribution >= 0.6 is 41.4 Å². The Hall–Kier alpha value is -2.37. The van der Waals surface area contributed by atoms with E-state index in [1.54, 1.807) is 0 Å². The first kappa shape index (κ1) is 31.1. The predicted octanol–water partition coefficient (Wildman–Crippen LogP) is 8.42. The monoisotopic (exact) mass is 759 g/mol. The van der Waals surface area contributed by atoms with E-state index in [-0.39, 0.29) is 13.2 Å². The van der Waals surface area contributed by atoms with Crippen LogP contribution in [0.2, 0.25) is 0 Å². The van der Waals surface area contributed by atoms with E-state index < -0.39 is 14.1 Å². The molecule has 42 heavy (non-hydrogen) atoms. The number of hydrogen-bond donors (Lipinski definition) is 0. The van der Waals surface area contributed by atoms with Crippen molar-refractivity contribution >= 4 is 78.8 Å². The zero-order chi connectivity index (χ0) is 29.1. The van der Waals surface area contributed by atoms with Crippen LogP contribution in [0.5, 0.6) is 0 Å². The van der Waals surface area contributed by atoms with E-state index in [0.717, 1.165) is 0 Å². The van der Waals surface area contributed by atoms with E-state index in [4.69, 9.17) is 0 Å². The average molecular weight is 763 g/mol. The van der Waals surface area contributed by atoms with Gasteiger partial charge in [0.2, 0.25) is 0 Å². The summed E-state index contributed by atoms with van der Waals surface area (Å²) in [4.78, 5) is 0. The molecule has 0 saturated carbocycles. The zero-order valence-corrected chi connectivity index (χ0v) is 31.2. The van der Waals surface area contributed by atoms with Gasteiger partial charge in [0.15, 0.2) is 0 Å². The molecule has 0 spiro atoms. The summed E-state index contributed by atoms with van der Waals surface area (Å²) < 4.78 is 0. The number of halogens is 2. The van der Waals surface area contributed by atoms with Crippen molar-refractivity contribution in [3.8, 4) is 0 Å². The molecule has 0 nitrogen and oxygen atoms in total. The average Bonchev–Trinajstić information content (AvgIpc) is 3.08. The van der Waals surface area contributed by atoms with Crippen molar-refractivity contribution in [2.45, 2.75) is 0 Å². The molecule has 0 radical (unpaired) electrons. The van der Waals surface area contributed by atoms with Gasteiger partial charge in [0.05, 0.1) is 5.54 Å². The van der Waals surface area contributed by atoms with Crippen molar-refractivity contribution in [2.24, 2.45) is 0 Å². The molecule has 0 unspecified atom stereocenters. The molecule has 204 valence electrons. The van der Waals surface area contributed by atoms with Crippen molar-refractivity contribution in [1.82, 2.24) is 0 Å². The maximum absolute atomic E-state index is 3.25. The fraction of sp³-hybridized carbons (Fsp3) is 0. The molecule has 0 N–H and O–H groups in total. The van der Waals surface area contributed by atoms with Gasteiger partial charge in [0.25, 0.3) is 0 Å². The molecule has 0 heterocycles. The molecule has 0 aromatic heterocycles. The first-order valence-electron chi connectivity index (χ1n) is 13.9. The second kappa shape index (κ2) is 15.4. The molecule has 6 rings (SSSR count). The van der Waals surface area contributed by atoms with Gasteiger partial charge in [-0.05, 0) is 52.3 Å². The predicted molar refractivity (Wildman–Crippen MR) is 194 cm³/mol. The van der Waals surface area contributed by atoms with Gasteiger partial charge in [-0.15, -0.1) is 0 Å². The second-order valence-corrected chi connectivity index (χ2v) is 30.7. The van der Waals surface area contributed by atoms with Crippen LogP contribution in [0.25, 0.3) is 0 Å². The quantitative estimate of drug-likeness (QED) is 0.113. The van der Waals surface area contributed by atoms with E-state index in [0.29, 0.717) is 0 Å². The standard InChI is InChI=1S/C37H31P2.2BrH.Zn/c1-7-19-32(20-8-1)38(33-21-9-2-10-22-33,34-23-11-3-12-24-34)31-39(35-25-13-4-14-26-35,36-27-15-5-16-28-36)37-29-17-6-18-30-37;;;/h1-31H;2*1H;/q+1;;;+2/p-2. The van der Waals surface area contributed by atoms with Crippen LogP contribution in [-0.2, 0) is 13.2 Å². The summed E-state index contributed by atoms with van der Waals surface area (Å²) >= 11 is 6.25. The molecule has 0 amide bonds. The van der Waals surface area contributed by atoms with Crippen molar-refractivity contribution in [1.29, 1.82) is 0 Å². The van der Waals surface area contributed by atoms with Crippen LogP contribution < -0.4 is 31.8 Å².